The minimum atomic E-state index is -0.236. The van der Waals surface area contributed by atoms with E-state index in [0.717, 1.165) is 0 Å². The van der Waals surface area contributed by atoms with Crippen LogP contribution in [0.1, 0.15) is 20.3 Å². The molecule has 0 fully saturated rings. The number of amides is 2. The highest BCUT2D eigenvalue weighted by atomic mass is 16.5. The molecule has 0 saturated carbocycles. The third kappa shape index (κ3) is 7.43. The van der Waals surface area contributed by atoms with Crippen molar-refractivity contribution in [3.63, 3.8) is 0 Å². The number of ether oxygens (including phenoxy) is 1. The normalized spacial score (nSPS) is 10.5. The molecule has 0 saturated heterocycles. The summed E-state index contributed by atoms with van der Waals surface area (Å²) < 4.78 is 5.04. The number of carbonyl (C=O) groups excluding carboxylic acids is 2. The molecule has 0 heterocycles. The Morgan fingerprint density at radius 2 is 1.62 bits per heavy atom. The van der Waals surface area contributed by atoms with Crippen LogP contribution in [0.2, 0.25) is 0 Å². The number of anilines is 2. The van der Waals surface area contributed by atoms with Crippen molar-refractivity contribution in [3.8, 4) is 0 Å². The topological polar surface area (TPSA) is 93.5 Å². The van der Waals surface area contributed by atoms with E-state index < -0.39 is 0 Å². The third-order valence-electron chi connectivity index (χ3n) is 2.54. The van der Waals surface area contributed by atoms with Crippen LogP contribution in [-0.2, 0) is 14.3 Å². The molecule has 0 radical (unpaired) electrons. The molecule has 116 valence electrons. The fraction of sp³-hybridized carbons (Fsp3) is 0.467. The maximum absolute atomic E-state index is 11.6. The van der Waals surface area contributed by atoms with Crippen molar-refractivity contribution >= 4 is 23.2 Å². The Kier molecular flexibility index (Phi) is 7.42. The minimum absolute atomic E-state index is 0.0167. The van der Waals surface area contributed by atoms with Gasteiger partial charge in [-0.15, -0.1) is 0 Å². The molecule has 6 nitrogen and oxygen atoms in total. The summed E-state index contributed by atoms with van der Waals surface area (Å²) in [6.45, 7) is 4.70. The second-order valence-electron chi connectivity index (χ2n) is 5.11. The summed E-state index contributed by atoms with van der Waals surface area (Å²) in [6.07, 6.45) is 0.483. The van der Waals surface area contributed by atoms with Gasteiger partial charge in [0.1, 0.15) is 6.61 Å². The van der Waals surface area contributed by atoms with Crippen LogP contribution in [0, 0.1) is 5.92 Å². The highest BCUT2D eigenvalue weighted by Gasteiger charge is 2.06. The van der Waals surface area contributed by atoms with Crippen LogP contribution in [-0.4, -0.2) is 31.6 Å². The third-order valence-corrected chi connectivity index (χ3v) is 2.54. The van der Waals surface area contributed by atoms with Crippen molar-refractivity contribution in [3.05, 3.63) is 24.3 Å². The van der Waals surface area contributed by atoms with Crippen molar-refractivity contribution in [1.29, 1.82) is 0 Å². The number of nitrogens with one attached hydrogen (secondary N) is 2. The Hall–Kier alpha value is -1.92. The Morgan fingerprint density at radius 1 is 1.10 bits per heavy atom. The fourth-order valence-electron chi connectivity index (χ4n) is 1.66. The second kappa shape index (κ2) is 9.10. The SMILES string of the molecule is CC(C)CC(=O)Nc1ccc(NC(=O)COCCN)cc1. The molecule has 1 aromatic carbocycles. The molecule has 0 aliphatic carbocycles. The van der Waals surface area contributed by atoms with Crippen molar-refractivity contribution in [2.45, 2.75) is 20.3 Å². The number of carbonyl (C=O) groups is 2. The van der Waals surface area contributed by atoms with Crippen LogP contribution >= 0.6 is 0 Å². The van der Waals surface area contributed by atoms with Crippen molar-refractivity contribution in [2.24, 2.45) is 11.7 Å². The summed E-state index contributed by atoms with van der Waals surface area (Å²) in [4.78, 5) is 23.1. The molecule has 0 aliphatic rings. The average molecular weight is 293 g/mol. The Balaban J connectivity index is 2.43. The van der Waals surface area contributed by atoms with Crippen LogP contribution < -0.4 is 16.4 Å². The van der Waals surface area contributed by atoms with Crippen LogP contribution in [0.5, 0.6) is 0 Å². The molecule has 6 heteroatoms. The monoisotopic (exact) mass is 293 g/mol. The largest absolute Gasteiger partial charge is 0.370 e. The van der Waals surface area contributed by atoms with E-state index in [2.05, 4.69) is 10.6 Å². The van der Waals surface area contributed by atoms with Crippen molar-refractivity contribution in [2.75, 3.05) is 30.4 Å². The molecule has 21 heavy (non-hydrogen) atoms. The number of nitrogens with two attached hydrogens (primary N) is 1. The van der Waals surface area contributed by atoms with Gasteiger partial charge in [-0.25, -0.2) is 0 Å². The zero-order valence-corrected chi connectivity index (χ0v) is 12.5. The van der Waals surface area contributed by atoms with E-state index in [1.807, 2.05) is 13.8 Å². The lowest BCUT2D eigenvalue weighted by Crippen LogP contribution is -2.20. The second-order valence-corrected chi connectivity index (χ2v) is 5.11. The molecule has 0 unspecified atom stereocenters. The van der Waals surface area contributed by atoms with Crippen molar-refractivity contribution in [1.82, 2.24) is 0 Å². The summed E-state index contributed by atoms with van der Waals surface area (Å²) in [5.41, 5.74) is 6.62. The van der Waals surface area contributed by atoms with E-state index in [1.165, 1.54) is 0 Å². The van der Waals surface area contributed by atoms with Gasteiger partial charge in [0.2, 0.25) is 11.8 Å². The quantitative estimate of drug-likeness (QED) is 0.634. The highest BCUT2D eigenvalue weighted by molar-refractivity contribution is 5.93. The summed E-state index contributed by atoms with van der Waals surface area (Å²) in [5, 5.41) is 5.50. The van der Waals surface area contributed by atoms with Gasteiger partial charge in [-0.3, -0.25) is 9.59 Å². The van der Waals surface area contributed by atoms with Gasteiger partial charge in [0.15, 0.2) is 0 Å². The van der Waals surface area contributed by atoms with Crippen molar-refractivity contribution < 1.29 is 14.3 Å². The Labute approximate surface area is 125 Å². The zero-order valence-electron chi connectivity index (χ0n) is 12.5. The predicted molar refractivity (Wildman–Crippen MR) is 83.0 cm³/mol. The lowest BCUT2D eigenvalue weighted by Gasteiger charge is -2.09. The summed E-state index contributed by atoms with van der Waals surface area (Å²) in [7, 11) is 0. The van der Waals surface area contributed by atoms with E-state index in [1.54, 1.807) is 24.3 Å². The number of hydrogen-bond donors (Lipinski definition) is 3. The van der Waals surface area contributed by atoms with Crippen LogP contribution in [0.25, 0.3) is 0 Å². The van der Waals surface area contributed by atoms with E-state index in [0.29, 0.717) is 36.9 Å². The first-order valence-electron chi connectivity index (χ1n) is 6.99. The molecule has 4 N–H and O–H groups in total. The van der Waals surface area contributed by atoms with E-state index >= 15 is 0 Å². The molecule has 0 aliphatic heterocycles. The van der Waals surface area contributed by atoms with Gasteiger partial charge in [-0.1, -0.05) is 13.8 Å². The van der Waals surface area contributed by atoms with Crippen LogP contribution in [0.15, 0.2) is 24.3 Å². The molecule has 0 aromatic heterocycles. The van der Waals surface area contributed by atoms with Gasteiger partial charge in [0.05, 0.1) is 6.61 Å². The van der Waals surface area contributed by atoms with Gasteiger partial charge in [0, 0.05) is 24.3 Å². The van der Waals surface area contributed by atoms with Crippen LogP contribution in [0.3, 0.4) is 0 Å². The van der Waals surface area contributed by atoms with E-state index in [4.69, 9.17) is 10.5 Å². The van der Waals surface area contributed by atoms with Gasteiger partial charge >= 0.3 is 0 Å². The molecular formula is C15H23N3O3. The number of hydrogen-bond acceptors (Lipinski definition) is 4. The fourth-order valence-corrected chi connectivity index (χ4v) is 1.66. The average Bonchev–Trinajstić information content (AvgIpc) is 2.40. The number of rotatable bonds is 8. The molecule has 0 spiro atoms. The lowest BCUT2D eigenvalue weighted by molar-refractivity contribution is -0.120. The van der Waals surface area contributed by atoms with E-state index in [-0.39, 0.29) is 18.4 Å². The first-order valence-corrected chi connectivity index (χ1v) is 6.99. The highest BCUT2D eigenvalue weighted by Crippen LogP contribution is 2.14. The molecule has 0 atom stereocenters. The molecule has 1 aromatic rings. The van der Waals surface area contributed by atoms with Gasteiger partial charge < -0.3 is 21.1 Å². The standard InChI is InChI=1S/C15H23N3O3/c1-11(2)9-14(19)17-12-3-5-13(6-4-12)18-15(20)10-21-8-7-16/h3-6,11H,7-10,16H2,1-2H3,(H,17,19)(H,18,20). The first kappa shape index (κ1) is 17.1. The maximum atomic E-state index is 11.6. The molecule has 2 amide bonds. The van der Waals surface area contributed by atoms with E-state index in [9.17, 15) is 9.59 Å². The summed E-state index contributed by atoms with van der Waals surface area (Å²) in [5.74, 6) is 0.0640. The van der Waals surface area contributed by atoms with Gasteiger partial charge in [0.25, 0.3) is 0 Å². The number of benzene rings is 1. The summed E-state index contributed by atoms with van der Waals surface area (Å²) in [6, 6.07) is 6.95. The predicted octanol–water partition coefficient (Wildman–Crippen LogP) is 1.58. The maximum Gasteiger partial charge on any atom is 0.250 e. The van der Waals surface area contributed by atoms with Gasteiger partial charge in [-0.05, 0) is 30.2 Å². The Bertz CT molecular complexity index is 458. The lowest BCUT2D eigenvalue weighted by atomic mass is 10.1. The molecule has 0 bridgehead atoms. The van der Waals surface area contributed by atoms with Gasteiger partial charge in [-0.2, -0.15) is 0 Å². The Morgan fingerprint density at radius 3 is 2.10 bits per heavy atom. The van der Waals surface area contributed by atoms with Crippen LogP contribution in [0.4, 0.5) is 11.4 Å². The first-order chi connectivity index (χ1) is 10.0. The smallest absolute Gasteiger partial charge is 0.250 e. The summed E-state index contributed by atoms with van der Waals surface area (Å²) >= 11 is 0. The molecular weight excluding hydrogens is 270 g/mol. The minimum Gasteiger partial charge on any atom is -0.370 e. The molecule has 1 rings (SSSR count). The zero-order chi connectivity index (χ0) is 15.7.